The molecule has 7 nitrogen and oxygen atoms in total. The lowest BCUT2D eigenvalue weighted by atomic mass is 10.2. The van der Waals surface area contributed by atoms with Gasteiger partial charge < -0.3 is 4.74 Å². The molecule has 0 radical (unpaired) electrons. The van der Waals surface area contributed by atoms with Crippen molar-refractivity contribution in [2.45, 2.75) is 24.7 Å². The van der Waals surface area contributed by atoms with E-state index in [0.29, 0.717) is 29.7 Å². The Kier molecular flexibility index (Phi) is 6.35. The van der Waals surface area contributed by atoms with Crippen LogP contribution in [0.1, 0.15) is 18.4 Å². The Labute approximate surface area is 185 Å². The van der Waals surface area contributed by atoms with E-state index in [2.05, 4.69) is 10.3 Å². The SMILES string of the molecule is Cc1cccc(OCC(=O)Nc2nc(-c3ccc(S(=O)(=O)N4CCCC4)cc3)cs2)c1. The molecule has 0 aliphatic carbocycles. The fraction of sp³-hybridized carbons (Fsp3) is 0.273. The van der Waals surface area contributed by atoms with E-state index in [1.807, 2.05) is 30.5 Å². The van der Waals surface area contributed by atoms with E-state index in [1.54, 1.807) is 30.3 Å². The van der Waals surface area contributed by atoms with Crippen molar-refractivity contribution < 1.29 is 17.9 Å². The Morgan fingerprint density at radius 2 is 1.90 bits per heavy atom. The van der Waals surface area contributed by atoms with Crippen LogP contribution in [0.3, 0.4) is 0 Å². The van der Waals surface area contributed by atoms with E-state index in [1.165, 1.54) is 15.6 Å². The van der Waals surface area contributed by atoms with Crippen molar-refractivity contribution in [3.63, 3.8) is 0 Å². The second-order valence-corrected chi connectivity index (χ2v) is 10.1. The topological polar surface area (TPSA) is 88.6 Å². The molecule has 2 heterocycles. The Hall–Kier alpha value is -2.75. The van der Waals surface area contributed by atoms with Crippen LogP contribution in [-0.2, 0) is 14.8 Å². The molecule has 1 aliphatic rings. The van der Waals surface area contributed by atoms with Crippen LogP contribution in [0.2, 0.25) is 0 Å². The molecule has 0 spiro atoms. The average Bonchev–Trinajstić information content (AvgIpc) is 3.45. The summed E-state index contributed by atoms with van der Waals surface area (Å²) in [6, 6.07) is 14.2. The molecule has 9 heteroatoms. The molecule has 1 N–H and O–H groups in total. The van der Waals surface area contributed by atoms with Gasteiger partial charge in [0.25, 0.3) is 5.91 Å². The van der Waals surface area contributed by atoms with Crippen LogP contribution in [0.25, 0.3) is 11.3 Å². The van der Waals surface area contributed by atoms with Gasteiger partial charge in [0.05, 0.1) is 10.6 Å². The minimum absolute atomic E-state index is 0.110. The second-order valence-electron chi connectivity index (χ2n) is 7.33. The molecular formula is C22H23N3O4S2. The third-order valence-electron chi connectivity index (χ3n) is 4.96. The summed E-state index contributed by atoms with van der Waals surface area (Å²) in [5.74, 6) is 0.341. The Morgan fingerprint density at radius 3 is 2.61 bits per heavy atom. The van der Waals surface area contributed by atoms with E-state index in [0.717, 1.165) is 24.0 Å². The van der Waals surface area contributed by atoms with Crippen LogP contribution in [0.5, 0.6) is 5.75 Å². The molecule has 0 unspecified atom stereocenters. The lowest BCUT2D eigenvalue weighted by molar-refractivity contribution is -0.118. The zero-order valence-electron chi connectivity index (χ0n) is 17.1. The first kappa shape index (κ1) is 21.5. The number of hydrogen-bond acceptors (Lipinski definition) is 6. The number of sulfonamides is 1. The predicted octanol–water partition coefficient (Wildman–Crippen LogP) is 3.92. The van der Waals surface area contributed by atoms with Crippen molar-refractivity contribution in [2.75, 3.05) is 25.0 Å². The maximum Gasteiger partial charge on any atom is 0.264 e. The van der Waals surface area contributed by atoms with Crippen LogP contribution in [0.4, 0.5) is 5.13 Å². The summed E-state index contributed by atoms with van der Waals surface area (Å²) >= 11 is 1.30. The summed E-state index contributed by atoms with van der Waals surface area (Å²) in [5.41, 5.74) is 2.51. The Morgan fingerprint density at radius 1 is 1.16 bits per heavy atom. The molecule has 2 aromatic carbocycles. The maximum absolute atomic E-state index is 12.6. The molecule has 1 aromatic heterocycles. The van der Waals surface area contributed by atoms with E-state index >= 15 is 0 Å². The van der Waals surface area contributed by atoms with Crippen LogP contribution in [0, 0.1) is 6.92 Å². The monoisotopic (exact) mass is 457 g/mol. The predicted molar refractivity (Wildman–Crippen MR) is 121 cm³/mol. The van der Waals surface area contributed by atoms with Crippen molar-refractivity contribution in [1.82, 2.24) is 9.29 Å². The minimum atomic E-state index is -3.44. The number of aromatic nitrogens is 1. The van der Waals surface area contributed by atoms with Crippen molar-refractivity contribution in [1.29, 1.82) is 0 Å². The van der Waals surface area contributed by atoms with Crippen molar-refractivity contribution in [2.24, 2.45) is 0 Å². The number of anilines is 1. The second kappa shape index (κ2) is 9.17. The van der Waals surface area contributed by atoms with Crippen LogP contribution >= 0.6 is 11.3 Å². The van der Waals surface area contributed by atoms with Crippen molar-refractivity contribution in [3.05, 3.63) is 59.5 Å². The summed E-state index contributed by atoms with van der Waals surface area (Å²) in [4.78, 5) is 16.9. The Bertz CT molecular complexity index is 1170. The van der Waals surface area contributed by atoms with Crippen LogP contribution < -0.4 is 10.1 Å². The lowest BCUT2D eigenvalue weighted by Crippen LogP contribution is -2.27. The summed E-state index contributed by atoms with van der Waals surface area (Å²) in [6.45, 7) is 3.00. The number of nitrogens with one attached hydrogen (secondary N) is 1. The number of rotatable bonds is 7. The van der Waals surface area contributed by atoms with Gasteiger partial charge in [-0.25, -0.2) is 13.4 Å². The number of carbonyl (C=O) groups excluding carboxylic acids is 1. The van der Waals surface area contributed by atoms with Gasteiger partial charge in [0.15, 0.2) is 11.7 Å². The first-order valence-corrected chi connectivity index (χ1v) is 12.3. The first-order chi connectivity index (χ1) is 14.9. The fourth-order valence-corrected chi connectivity index (χ4v) is 5.60. The highest BCUT2D eigenvalue weighted by Gasteiger charge is 2.27. The number of carbonyl (C=O) groups is 1. The smallest absolute Gasteiger partial charge is 0.264 e. The zero-order valence-corrected chi connectivity index (χ0v) is 18.7. The molecule has 1 aliphatic heterocycles. The number of nitrogens with zero attached hydrogens (tertiary/aromatic N) is 2. The number of aryl methyl sites for hydroxylation is 1. The van der Waals surface area contributed by atoms with Crippen molar-refractivity contribution in [3.8, 4) is 17.0 Å². The van der Waals surface area contributed by atoms with Gasteiger partial charge in [0, 0.05) is 24.0 Å². The molecule has 1 fully saturated rings. The standard InChI is InChI=1S/C22H23N3O4S2/c1-16-5-4-6-18(13-16)29-14-21(26)24-22-23-20(15-30-22)17-7-9-19(10-8-17)31(27,28)25-11-2-3-12-25/h4-10,13,15H,2-3,11-12,14H2,1H3,(H,23,24,26). The van der Waals surface area contributed by atoms with Gasteiger partial charge >= 0.3 is 0 Å². The third kappa shape index (κ3) is 5.12. The zero-order chi connectivity index (χ0) is 21.8. The maximum atomic E-state index is 12.6. The van der Waals surface area contributed by atoms with E-state index in [9.17, 15) is 13.2 Å². The van der Waals surface area contributed by atoms with Gasteiger partial charge in [-0.3, -0.25) is 10.1 Å². The van der Waals surface area contributed by atoms with Gasteiger partial charge in [-0.1, -0.05) is 24.3 Å². The number of hydrogen-bond donors (Lipinski definition) is 1. The van der Waals surface area contributed by atoms with Crippen molar-refractivity contribution >= 4 is 32.4 Å². The lowest BCUT2D eigenvalue weighted by Gasteiger charge is -2.15. The molecule has 0 saturated carbocycles. The number of ether oxygens (including phenoxy) is 1. The largest absolute Gasteiger partial charge is 0.484 e. The number of thiazole rings is 1. The first-order valence-electron chi connectivity index (χ1n) is 9.97. The summed E-state index contributed by atoms with van der Waals surface area (Å²) < 4.78 is 32.3. The summed E-state index contributed by atoms with van der Waals surface area (Å²) in [7, 11) is -3.44. The number of benzene rings is 2. The molecule has 162 valence electrons. The summed E-state index contributed by atoms with van der Waals surface area (Å²) in [6.07, 6.45) is 1.81. The van der Waals surface area contributed by atoms with Gasteiger partial charge in [-0.05, 0) is 49.6 Å². The highest BCUT2D eigenvalue weighted by Crippen LogP contribution is 2.27. The minimum Gasteiger partial charge on any atom is -0.484 e. The summed E-state index contributed by atoms with van der Waals surface area (Å²) in [5, 5.41) is 5.01. The molecule has 0 atom stereocenters. The highest BCUT2D eigenvalue weighted by atomic mass is 32.2. The molecular weight excluding hydrogens is 434 g/mol. The van der Waals surface area contributed by atoms with E-state index in [-0.39, 0.29) is 17.4 Å². The van der Waals surface area contributed by atoms with Gasteiger partial charge in [-0.15, -0.1) is 11.3 Å². The van der Waals surface area contributed by atoms with Gasteiger partial charge in [-0.2, -0.15) is 4.31 Å². The molecule has 1 saturated heterocycles. The Balaban J connectivity index is 1.37. The molecule has 0 bridgehead atoms. The molecule has 31 heavy (non-hydrogen) atoms. The number of amides is 1. The third-order valence-corrected chi connectivity index (χ3v) is 7.63. The van der Waals surface area contributed by atoms with Crippen LogP contribution in [-0.4, -0.2) is 43.3 Å². The molecule has 3 aromatic rings. The van der Waals surface area contributed by atoms with E-state index in [4.69, 9.17) is 4.74 Å². The van der Waals surface area contributed by atoms with Gasteiger partial charge in [0.2, 0.25) is 10.0 Å². The van der Waals surface area contributed by atoms with Crippen LogP contribution in [0.15, 0.2) is 58.8 Å². The molecule has 1 amide bonds. The fourth-order valence-electron chi connectivity index (χ4n) is 3.35. The normalized spacial score (nSPS) is 14.5. The average molecular weight is 458 g/mol. The van der Waals surface area contributed by atoms with Gasteiger partial charge in [0.1, 0.15) is 5.75 Å². The molecule has 4 rings (SSSR count). The highest BCUT2D eigenvalue weighted by molar-refractivity contribution is 7.89. The van der Waals surface area contributed by atoms with E-state index < -0.39 is 10.0 Å². The quantitative estimate of drug-likeness (QED) is 0.581.